The van der Waals surface area contributed by atoms with E-state index in [1.807, 2.05) is 17.6 Å². The molecule has 0 saturated heterocycles. The van der Waals surface area contributed by atoms with Crippen LogP contribution in [0.5, 0.6) is 0 Å². The van der Waals surface area contributed by atoms with Gasteiger partial charge in [0.05, 0.1) is 11.9 Å². The molecule has 0 amide bonds. The van der Waals surface area contributed by atoms with Gasteiger partial charge in [-0.25, -0.2) is 4.98 Å². The molecule has 4 nitrogen and oxygen atoms in total. The van der Waals surface area contributed by atoms with Crippen LogP contribution in [-0.4, -0.2) is 10.2 Å². The Kier molecular flexibility index (Phi) is 1.97. The highest BCUT2D eigenvalue weighted by molar-refractivity contribution is 5.57. The number of nitrogens with one attached hydrogen (secondary N) is 1. The summed E-state index contributed by atoms with van der Waals surface area (Å²) >= 11 is 0. The van der Waals surface area contributed by atoms with Crippen LogP contribution in [0.3, 0.4) is 0 Å². The van der Waals surface area contributed by atoms with Gasteiger partial charge < -0.3 is 4.42 Å². The SMILES string of the molecule is ONc1ccc(-c2ncco2)cc1. The summed E-state index contributed by atoms with van der Waals surface area (Å²) in [4.78, 5) is 3.99. The van der Waals surface area contributed by atoms with E-state index in [1.54, 1.807) is 18.3 Å². The van der Waals surface area contributed by atoms with Crippen LogP contribution in [-0.2, 0) is 0 Å². The standard InChI is InChI=1S/C9H8N2O2/c12-11-8-3-1-7(2-4-8)9-10-5-6-13-9/h1-6,11-12H. The van der Waals surface area contributed by atoms with Crippen molar-refractivity contribution in [2.24, 2.45) is 0 Å². The first-order valence-electron chi connectivity index (χ1n) is 3.80. The van der Waals surface area contributed by atoms with Crippen molar-refractivity contribution < 1.29 is 9.62 Å². The second-order valence-corrected chi connectivity index (χ2v) is 2.53. The quantitative estimate of drug-likeness (QED) is 0.688. The Morgan fingerprint density at radius 2 is 2.00 bits per heavy atom. The van der Waals surface area contributed by atoms with Gasteiger partial charge >= 0.3 is 0 Å². The molecular formula is C9H8N2O2. The predicted octanol–water partition coefficient (Wildman–Crippen LogP) is 2.14. The van der Waals surface area contributed by atoms with Crippen molar-refractivity contribution in [1.29, 1.82) is 0 Å². The maximum absolute atomic E-state index is 8.57. The molecule has 0 fully saturated rings. The number of rotatable bonds is 2. The molecule has 0 unspecified atom stereocenters. The molecule has 0 aliphatic rings. The van der Waals surface area contributed by atoms with Gasteiger partial charge in [0.25, 0.3) is 0 Å². The largest absolute Gasteiger partial charge is 0.445 e. The highest BCUT2D eigenvalue weighted by Gasteiger charge is 2.00. The Bertz CT molecular complexity index is 367. The highest BCUT2D eigenvalue weighted by Crippen LogP contribution is 2.18. The van der Waals surface area contributed by atoms with E-state index in [-0.39, 0.29) is 0 Å². The van der Waals surface area contributed by atoms with Crippen molar-refractivity contribution in [3.05, 3.63) is 36.7 Å². The molecule has 0 radical (unpaired) electrons. The van der Waals surface area contributed by atoms with Crippen LogP contribution in [0.1, 0.15) is 0 Å². The second-order valence-electron chi connectivity index (χ2n) is 2.53. The van der Waals surface area contributed by atoms with Crippen molar-refractivity contribution in [3.8, 4) is 11.5 Å². The van der Waals surface area contributed by atoms with Crippen LogP contribution >= 0.6 is 0 Å². The van der Waals surface area contributed by atoms with Crippen LogP contribution < -0.4 is 5.48 Å². The number of hydrogen-bond donors (Lipinski definition) is 2. The molecule has 0 aliphatic heterocycles. The number of nitrogens with zero attached hydrogens (tertiary/aromatic N) is 1. The number of hydrogen-bond acceptors (Lipinski definition) is 4. The summed E-state index contributed by atoms with van der Waals surface area (Å²) in [5.74, 6) is 0.574. The third kappa shape index (κ3) is 1.52. The van der Waals surface area contributed by atoms with E-state index in [0.29, 0.717) is 11.6 Å². The molecule has 2 rings (SSSR count). The van der Waals surface area contributed by atoms with Gasteiger partial charge in [-0.3, -0.25) is 10.7 Å². The van der Waals surface area contributed by atoms with Gasteiger partial charge in [-0.05, 0) is 24.3 Å². The molecule has 0 bridgehead atoms. The molecule has 13 heavy (non-hydrogen) atoms. The lowest BCUT2D eigenvalue weighted by molar-refractivity contribution is 0.389. The van der Waals surface area contributed by atoms with Gasteiger partial charge in [0, 0.05) is 5.56 Å². The average Bonchev–Trinajstić information content (AvgIpc) is 2.71. The first-order chi connectivity index (χ1) is 6.40. The fourth-order valence-corrected chi connectivity index (χ4v) is 1.05. The molecule has 4 heteroatoms. The third-order valence-corrected chi connectivity index (χ3v) is 1.69. The van der Waals surface area contributed by atoms with Crippen LogP contribution in [0.4, 0.5) is 5.69 Å². The summed E-state index contributed by atoms with van der Waals surface area (Å²) < 4.78 is 5.10. The first kappa shape index (κ1) is 7.82. The van der Waals surface area contributed by atoms with Crippen LogP contribution in [0.2, 0.25) is 0 Å². The molecule has 0 spiro atoms. The lowest BCUT2D eigenvalue weighted by Crippen LogP contribution is -1.87. The van der Waals surface area contributed by atoms with Crippen molar-refractivity contribution in [1.82, 2.24) is 4.98 Å². The smallest absolute Gasteiger partial charge is 0.225 e. The second kappa shape index (κ2) is 3.28. The predicted molar refractivity (Wildman–Crippen MR) is 47.3 cm³/mol. The molecule has 0 atom stereocenters. The molecule has 2 N–H and O–H groups in total. The van der Waals surface area contributed by atoms with Gasteiger partial charge in [0.2, 0.25) is 5.89 Å². The van der Waals surface area contributed by atoms with Gasteiger partial charge in [0.15, 0.2) is 0 Å². The number of benzene rings is 1. The van der Waals surface area contributed by atoms with Crippen molar-refractivity contribution in [2.45, 2.75) is 0 Å². The van der Waals surface area contributed by atoms with E-state index in [0.717, 1.165) is 5.56 Å². The number of oxazole rings is 1. The molecule has 1 aromatic carbocycles. The molecule has 1 aromatic heterocycles. The van der Waals surface area contributed by atoms with E-state index in [2.05, 4.69) is 4.98 Å². The molecule has 0 aliphatic carbocycles. The Morgan fingerprint density at radius 1 is 1.23 bits per heavy atom. The first-order valence-corrected chi connectivity index (χ1v) is 3.80. The van der Waals surface area contributed by atoms with Crippen molar-refractivity contribution in [2.75, 3.05) is 5.48 Å². The summed E-state index contributed by atoms with van der Waals surface area (Å²) in [6.07, 6.45) is 3.11. The van der Waals surface area contributed by atoms with Crippen molar-refractivity contribution in [3.63, 3.8) is 0 Å². The Hall–Kier alpha value is -1.81. The molecule has 66 valence electrons. The lowest BCUT2D eigenvalue weighted by atomic mass is 10.2. The van der Waals surface area contributed by atoms with E-state index in [1.165, 1.54) is 6.26 Å². The van der Waals surface area contributed by atoms with E-state index < -0.39 is 0 Å². The Balaban J connectivity index is 2.33. The minimum Gasteiger partial charge on any atom is -0.445 e. The van der Waals surface area contributed by atoms with E-state index in [9.17, 15) is 0 Å². The van der Waals surface area contributed by atoms with Crippen LogP contribution in [0.25, 0.3) is 11.5 Å². The summed E-state index contributed by atoms with van der Waals surface area (Å²) in [5, 5.41) is 8.57. The summed E-state index contributed by atoms with van der Waals surface area (Å²) in [5.41, 5.74) is 3.56. The zero-order valence-electron chi connectivity index (χ0n) is 6.77. The Morgan fingerprint density at radius 3 is 2.54 bits per heavy atom. The fraction of sp³-hybridized carbons (Fsp3) is 0. The summed E-state index contributed by atoms with van der Waals surface area (Å²) in [7, 11) is 0. The van der Waals surface area contributed by atoms with Crippen LogP contribution in [0, 0.1) is 0 Å². The molecule has 0 saturated carbocycles. The monoisotopic (exact) mass is 176 g/mol. The van der Waals surface area contributed by atoms with E-state index in [4.69, 9.17) is 9.62 Å². The summed E-state index contributed by atoms with van der Waals surface area (Å²) in [6, 6.07) is 7.09. The van der Waals surface area contributed by atoms with Gasteiger partial charge in [-0.1, -0.05) is 0 Å². The average molecular weight is 176 g/mol. The van der Waals surface area contributed by atoms with Gasteiger partial charge in [-0.15, -0.1) is 0 Å². The van der Waals surface area contributed by atoms with Crippen molar-refractivity contribution >= 4 is 5.69 Å². The molecule has 1 heterocycles. The summed E-state index contributed by atoms with van der Waals surface area (Å²) in [6.45, 7) is 0. The topological polar surface area (TPSA) is 58.3 Å². The zero-order chi connectivity index (χ0) is 9.10. The Labute approximate surface area is 74.8 Å². The molecule has 2 aromatic rings. The maximum Gasteiger partial charge on any atom is 0.225 e. The minimum atomic E-state index is 0.574. The maximum atomic E-state index is 8.57. The minimum absolute atomic E-state index is 0.574. The lowest BCUT2D eigenvalue weighted by Gasteiger charge is -1.98. The zero-order valence-corrected chi connectivity index (χ0v) is 6.77. The number of aromatic nitrogens is 1. The normalized spacial score (nSPS) is 9.92. The van der Waals surface area contributed by atoms with E-state index >= 15 is 0 Å². The molecular weight excluding hydrogens is 168 g/mol. The van der Waals surface area contributed by atoms with Gasteiger partial charge in [0.1, 0.15) is 6.26 Å². The number of anilines is 1. The third-order valence-electron chi connectivity index (χ3n) is 1.69. The van der Waals surface area contributed by atoms with Crippen LogP contribution in [0.15, 0.2) is 41.1 Å². The fourth-order valence-electron chi connectivity index (χ4n) is 1.05. The van der Waals surface area contributed by atoms with Gasteiger partial charge in [-0.2, -0.15) is 0 Å². The highest BCUT2D eigenvalue weighted by atomic mass is 16.5.